The molecule has 298 valence electrons. The maximum Gasteiger partial charge on any atom is 0.282 e. The molecule has 3 N–H and O–H groups in total. The number of hydrogen-bond donors (Lipinski definition) is 3. The van der Waals surface area contributed by atoms with Crippen LogP contribution in [0.1, 0.15) is 67.5 Å². The van der Waals surface area contributed by atoms with Gasteiger partial charge in [0.2, 0.25) is 11.8 Å². The lowest BCUT2D eigenvalue weighted by molar-refractivity contribution is -0.136. The zero-order chi connectivity index (χ0) is 40.2. The third-order valence-electron chi connectivity index (χ3n) is 10.1. The molecular weight excluding hydrogens is 804 g/mol. The van der Waals surface area contributed by atoms with Crippen LogP contribution in [0.25, 0.3) is 0 Å². The Bertz CT molecular complexity index is 2260. The maximum atomic E-state index is 13.3. The van der Waals surface area contributed by atoms with Crippen LogP contribution in [0.2, 0.25) is 0 Å². The number of rotatable bonds is 14. The molecule has 2 fully saturated rings. The zero-order valence-electron chi connectivity index (χ0n) is 31.3. The van der Waals surface area contributed by atoms with E-state index >= 15 is 0 Å². The number of carbonyl (C=O) groups is 5. The number of halogens is 1. The number of nitrogens with one attached hydrogen (secondary N) is 3. The summed E-state index contributed by atoms with van der Waals surface area (Å²) in [4.78, 5) is 78.6. The van der Waals surface area contributed by atoms with E-state index in [4.69, 9.17) is 9.47 Å². The van der Waals surface area contributed by atoms with E-state index in [-0.39, 0.29) is 66.4 Å². The van der Waals surface area contributed by atoms with Crippen molar-refractivity contribution in [3.63, 3.8) is 0 Å². The largest absolute Gasteiger partial charge is 0.486 e. The van der Waals surface area contributed by atoms with Crippen LogP contribution in [0.5, 0.6) is 5.75 Å². The Balaban J connectivity index is 0.824. The van der Waals surface area contributed by atoms with Crippen LogP contribution >= 0.6 is 15.9 Å². The molecule has 0 spiro atoms. The Morgan fingerprint density at radius 1 is 1.02 bits per heavy atom. The average molecular weight is 846 g/mol. The number of fused-ring (bicyclic) bond motifs is 1. The first-order valence-corrected chi connectivity index (χ1v) is 19.2. The third kappa shape index (κ3) is 8.79. The van der Waals surface area contributed by atoms with Crippen molar-refractivity contribution in [1.29, 1.82) is 0 Å². The molecule has 3 aliphatic heterocycles. The fraction of sp³-hybridized carbons (Fsp3) is 0.395. The Kier molecular flexibility index (Phi) is 11.9. The molecule has 5 heterocycles. The second-order valence-corrected chi connectivity index (χ2v) is 15.0. The van der Waals surface area contributed by atoms with E-state index in [1.54, 1.807) is 36.3 Å². The highest BCUT2D eigenvalue weighted by Crippen LogP contribution is 2.34. The molecule has 0 radical (unpaired) electrons. The summed E-state index contributed by atoms with van der Waals surface area (Å²) >= 11 is 3.39. The van der Waals surface area contributed by atoms with Crippen LogP contribution in [0.4, 0.5) is 5.69 Å². The zero-order valence-corrected chi connectivity index (χ0v) is 32.9. The van der Waals surface area contributed by atoms with Crippen molar-refractivity contribution in [2.75, 3.05) is 45.2 Å². The van der Waals surface area contributed by atoms with Gasteiger partial charge in [0.05, 0.1) is 49.0 Å². The molecule has 18 nitrogen and oxygen atoms in total. The van der Waals surface area contributed by atoms with Crippen molar-refractivity contribution in [3.05, 3.63) is 97.6 Å². The van der Waals surface area contributed by atoms with Crippen LogP contribution in [-0.2, 0) is 34.5 Å². The molecule has 0 bridgehead atoms. The molecule has 2 aromatic carbocycles. The maximum absolute atomic E-state index is 13.3. The minimum absolute atomic E-state index is 0.0278. The Morgan fingerprint density at radius 3 is 2.61 bits per heavy atom. The van der Waals surface area contributed by atoms with E-state index in [0.717, 1.165) is 30.0 Å². The minimum Gasteiger partial charge on any atom is -0.486 e. The normalized spacial score (nSPS) is 19.7. The fourth-order valence-corrected chi connectivity index (χ4v) is 7.75. The quantitative estimate of drug-likeness (QED) is 0.121. The van der Waals surface area contributed by atoms with Crippen LogP contribution in [0, 0.1) is 0 Å². The predicted octanol–water partition coefficient (Wildman–Crippen LogP) is 1.46. The summed E-state index contributed by atoms with van der Waals surface area (Å²) in [5, 5.41) is 20.9. The van der Waals surface area contributed by atoms with Gasteiger partial charge in [-0.3, -0.25) is 39.0 Å². The number of likely N-dealkylation sites (tertiary alicyclic amines) is 1. The van der Waals surface area contributed by atoms with Crippen molar-refractivity contribution in [2.24, 2.45) is 7.05 Å². The second kappa shape index (κ2) is 17.1. The number of aromatic nitrogens is 5. The van der Waals surface area contributed by atoms with Crippen molar-refractivity contribution < 1.29 is 33.4 Å². The van der Waals surface area contributed by atoms with Gasteiger partial charge in [0.1, 0.15) is 28.6 Å². The highest BCUT2D eigenvalue weighted by molar-refractivity contribution is 9.10. The van der Waals surface area contributed by atoms with Gasteiger partial charge in [-0.25, -0.2) is 9.36 Å². The lowest BCUT2D eigenvalue weighted by Gasteiger charge is -2.37. The Morgan fingerprint density at radius 2 is 1.82 bits per heavy atom. The molecule has 0 aliphatic carbocycles. The summed E-state index contributed by atoms with van der Waals surface area (Å²) in [5.41, 5.74) is 2.79. The third-order valence-corrected chi connectivity index (χ3v) is 10.9. The first-order chi connectivity index (χ1) is 27.5. The second-order valence-electron chi connectivity index (χ2n) is 14.2. The molecule has 7 rings (SSSR count). The number of benzene rings is 2. The summed E-state index contributed by atoms with van der Waals surface area (Å²) in [6.45, 7) is 2.96. The van der Waals surface area contributed by atoms with Gasteiger partial charge in [-0.05, 0) is 71.6 Å². The van der Waals surface area contributed by atoms with E-state index in [1.165, 1.54) is 10.7 Å². The summed E-state index contributed by atoms with van der Waals surface area (Å²) in [6, 6.07) is 11.3. The smallest absolute Gasteiger partial charge is 0.282 e. The van der Waals surface area contributed by atoms with E-state index in [9.17, 15) is 28.8 Å². The van der Waals surface area contributed by atoms with Gasteiger partial charge in [-0.15, -0.1) is 5.10 Å². The number of imide groups is 2. The van der Waals surface area contributed by atoms with Crippen LogP contribution in [0.15, 0.2) is 64.1 Å². The van der Waals surface area contributed by atoms with Gasteiger partial charge in [0.15, 0.2) is 0 Å². The summed E-state index contributed by atoms with van der Waals surface area (Å²) in [6.07, 6.45) is 4.26. The van der Waals surface area contributed by atoms with E-state index in [1.807, 2.05) is 24.3 Å². The lowest BCUT2D eigenvalue weighted by Crippen LogP contribution is -2.54. The van der Waals surface area contributed by atoms with Crippen LogP contribution in [-0.4, -0.2) is 116 Å². The number of aryl methyl sites for hydroxylation is 1. The van der Waals surface area contributed by atoms with E-state index < -0.39 is 29.7 Å². The lowest BCUT2D eigenvalue weighted by atomic mass is 9.87. The van der Waals surface area contributed by atoms with E-state index in [2.05, 4.69) is 59.2 Å². The van der Waals surface area contributed by atoms with Gasteiger partial charge in [0, 0.05) is 44.7 Å². The number of piperidine rings is 2. The number of anilines is 1. The SMILES string of the molecule is CN1C[C@H](Nc2cnn(C)c(=O)c2Br)C[C@H](c2ccc(C(=O)NCCOCCn3cc(COc4cccc5c4C(=O)N(C4CCC(=O)NC4=O)C5=O)nn3)cc2)C1. The standard InChI is InChI=1S/C38H41BrN10O8/c1-46-18-24(16-25(19-46)42-28-17-41-47(2)38(55)33(28)39)22-6-8-23(9-7-22)34(51)40-12-14-56-15-13-48-20-26(44-45-48)21-57-30-5-3-4-27-32(30)37(54)49(36(27)53)29-10-11-31(50)43-35(29)52/h3-9,17,20,24-25,29,42H,10-16,18-19,21H2,1-2H3,(H,40,51)(H,43,50,52)/t24-,25+,29?/m0/s1. The number of nitrogens with zero attached hydrogens (tertiary/aromatic N) is 7. The number of hydrogen-bond acceptors (Lipinski definition) is 13. The molecule has 57 heavy (non-hydrogen) atoms. The minimum atomic E-state index is -1.07. The molecule has 5 amide bonds. The molecular formula is C38H41BrN10O8. The predicted molar refractivity (Wildman–Crippen MR) is 207 cm³/mol. The first kappa shape index (κ1) is 39.4. The number of amides is 5. The van der Waals surface area contributed by atoms with Crippen molar-refractivity contribution in [1.82, 2.24) is 45.2 Å². The molecule has 0 saturated carbocycles. The fourth-order valence-electron chi connectivity index (χ4n) is 7.27. The molecule has 2 aromatic heterocycles. The van der Waals surface area contributed by atoms with Crippen molar-refractivity contribution in [2.45, 2.75) is 50.4 Å². The van der Waals surface area contributed by atoms with Crippen LogP contribution in [0.3, 0.4) is 0 Å². The van der Waals surface area contributed by atoms with Crippen molar-refractivity contribution >= 4 is 51.2 Å². The van der Waals surface area contributed by atoms with Gasteiger partial charge in [-0.2, -0.15) is 5.10 Å². The van der Waals surface area contributed by atoms with Crippen LogP contribution < -0.4 is 26.2 Å². The summed E-state index contributed by atoms with van der Waals surface area (Å²) < 4.78 is 14.9. The molecule has 3 aliphatic rings. The highest BCUT2D eigenvalue weighted by Gasteiger charge is 2.46. The van der Waals surface area contributed by atoms with E-state index in [0.29, 0.717) is 41.1 Å². The number of ether oxygens (including phenoxy) is 2. The topological polar surface area (TPSA) is 212 Å². The van der Waals surface area contributed by atoms with Gasteiger partial charge < -0.3 is 25.0 Å². The first-order valence-electron chi connectivity index (χ1n) is 18.5. The van der Waals surface area contributed by atoms with Gasteiger partial charge >= 0.3 is 0 Å². The molecule has 2 saturated heterocycles. The van der Waals surface area contributed by atoms with Crippen molar-refractivity contribution in [3.8, 4) is 5.75 Å². The molecule has 4 aromatic rings. The average Bonchev–Trinajstić information content (AvgIpc) is 3.76. The number of carbonyl (C=O) groups excluding carboxylic acids is 5. The molecule has 19 heteroatoms. The van der Waals surface area contributed by atoms with Gasteiger partial charge in [-0.1, -0.05) is 23.4 Å². The monoisotopic (exact) mass is 844 g/mol. The summed E-state index contributed by atoms with van der Waals surface area (Å²) in [5.74, 6) is -2.20. The highest BCUT2D eigenvalue weighted by atomic mass is 79.9. The molecule has 3 atom stereocenters. The Labute approximate surface area is 335 Å². The van der Waals surface area contributed by atoms with Gasteiger partial charge in [0.25, 0.3) is 23.3 Å². The number of likely N-dealkylation sites (N-methyl/N-ethyl adjacent to an activating group) is 1. The Hall–Kier alpha value is -5.79. The molecule has 1 unspecified atom stereocenters. The summed E-state index contributed by atoms with van der Waals surface area (Å²) in [7, 11) is 3.68.